The average Bonchev–Trinajstić information content (AvgIpc) is 3.23. The lowest BCUT2D eigenvalue weighted by Gasteiger charge is -2.20. The van der Waals surface area contributed by atoms with Crippen molar-refractivity contribution in [3.8, 4) is 55.6 Å². The Labute approximate surface area is 303 Å². The third-order valence-corrected chi connectivity index (χ3v) is 10.7. The summed E-state index contributed by atoms with van der Waals surface area (Å²) in [6, 6.07) is 75.6. The number of benzene rings is 10. The summed E-state index contributed by atoms with van der Waals surface area (Å²) < 4.78 is 0. The summed E-state index contributed by atoms with van der Waals surface area (Å²) in [6.07, 6.45) is 0. The van der Waals surface area contributed by atoms with Crippen LogP contribution in [0.1, 0.15) is 0 Å². The van der Waals surface area contributed by atoms with Gasteiger partial charge in [-0.2, -0.15) is 0 Å². The van der Waals surface area contributed by atoms with Crippen LogP contribution in [0.3, 0.4) is 0 Å². The van der Waals surface area contributed by atoms with Crippen LogP contribution in [0.5, 0.6) is 0 Å². The summed E-state index contributed by atoms with van der Waals surface area (Å²) >= 11 is 0. The third-order valence-electron chi connectivity index (χ3n) is 10.7. The van der Waals surface area contributed by atoms with Gasteiger partial charge in [0.15, 0.2) is 0 Å². The maximum Gasteiger partial charge on any atom is -0.00261 e. The summed E-state index contributed by atoms with van der Waals surface area (Å²) in [7, 11) is 0. The zero-order valence-corrected chi connectivity index (χ0v) is 28.6. The Kier molecular flexibility index (Phi) is 7.25. The minimum Gasteiger partial charge on any atom is -0.0622 e. The van der Waals surface area contributed by atoms with Gasteiger partial charge in [0.1, 0.15) is 0 Å². The Morgan fingerprint density at radius 1 is 0.192 bits per heavy atom. The van der Waals surface area contributed by atoms with Crippen LogP contribution in [-0.4, -0.2) is 0 Å². The van der Waals surface area contributed by atoms with Crippen LogP contribution in [0.2, 0.25) is 0 Å². The van der Waals surface area contributed by atoms with E-state index in [2.05, 4.69) is 206 Å². The van der Waals surface area contributed by atoms with Gasteiger partial charge in [-0.25, -0.2) is 0 Å². The lowest BCUT2D eigenvalue weighted by atomic mass is 9.83. The largest absolute Gasteiger partial charge is 0.0622 e. The lowest BCUT2D eigenvalue weighted by Crippen LogP contribution is -1.94. The highest BCUT2D eigenvalue weighted by Crippen LogP contribution is 2.47. The smallest absolute Gasteiger partial charge is 0.00261 e. The SMILES string of the molecule is c1ccc(-c2ccc(-c3c4ccccc4c(-c4ccccc4)c4ccccc34)cc2-c2ccccc2-c2cc3ccccc3c3ccccc23)cc1. The molecule has 0 nitrogen and oxygen atoms in total. The van der Waals surface area contributed by atoms with E-state index in [-0.39, 0.29) is 0 Å². The molecular formula is C52H34. The fourth-order valence-corrected chi connectivity index (χ4v) is 8.38. The van der Waals surface area contributed by atoms with Crippen molar-refractivity contribution in [2.75, 3.05) is 0 Å². The van der Waals surface area contributed by atoms with Crippen LogP contribution in [-0.2, 0) is 0 Å². The van der Waals surface area contributed by atoms with E-state index in [1.54, 1.807) is 0 Å². The summed E-state index contributed by atoms with van der Waals surface area (Å²) in [4.78, 5) is 0. The van der Waals surface area contributed by atoms with Crippen molar-refractivity contribution >= 4 is 43.1 Å². The van der Waals surface area contributed by atoms with Gasteiger partial charge in [-0.15, -0.1) is 0 Å². The first-order valence-corrected chi connectivity index (χ1v) is 18.0. The highest BCUT2D eigenvalue weighted by atomic mass is 14.2. The van der Waals surface area contributed by atoms with Crippen molar-refractivity contribution in [1.29, 1.82) is 0 Å². The molecule has 0 spiro atoms. The predicted octanol–water partition coefficient (Wildman–Crippen LogP) is 14.6. The van der Waals surface area contributed by atoms with E-state index in [4.69, 9.17) is 0 Å². The van der Waals surface area contributed by atoms with Gasteiger partial charge in [-0.1, -0.05) is 194 Å². The quantitative estimate of drug-likeness (QED) is 0.128. The molecule has 0 amide bonds. The van der Waals surface area contributed by atoms with Gasteiger partial charge in [0.25, 0.3) is 0 Å². The molecule has 0 saturated carbocycles. The number of hydrogen-bond acceptors (Lipinski definition) is 0. The molecule has 52 heavy (non-hydrogen) atoms. The highest BCUT2D eigenvalue weighted by Gasteiger charge is 2.20. The first-order valence-electron chi connectivity index (χ1n) is 18.0. The number of hydrogen-bond donors (Lipinski definition) is 0. The molecule has 0 heterocycles. The first-order chi connectivity index (χ1) is 25.8. The Balaban J connectivity index is 1.28. The molecule has 0 aromatic heterocycles. The molecule has 0 atom stereocenters. The van der Waals surface area contributed by atoms with Crippen LogP contribution in [0.25, 0.3) is 98.7 Å². The van der Waals surface area contributed by atoms with Crippen LogP contribution < -0.4 is 0 Å². The summed E-state index contributed by atoms with van der Waals surface area (Å²) in [6.45, 7) is 0. The Hall–Kier alpha value is -6.76. The molecule has 0 unspecified atom stereocenters. The molecule has 0 heteroatoms. The maximum absolute atomic E-state index is 2.45. The Morgan fingerprint density at radius 2 is 0.635 bits per heavy atom. The van der Waals surface area contributed by atoms with Crippen molar-refractivity contribution in [1.82, 2.24) is 0 Å². The minimum absolute atomic E-state index is 1.20. The molecule has 242 valence electrons. The van der Waals surface area contributed by atoms with E-state index >= 15 is 0 Å². The Morgan fingerprint density at radius 3 is 1.25 bits per heavy atom. The fraction of sp³-hybridized carbons (Fsp3) is 0. The van der Waals surface area contributed by atoms with Crippen molar-refractivity contribution in [3.05, 3.63) is 206 Å². The zero-order chi connectivity index (χ0) is 34.4. The van der Waals surface area contributed by atoms with E-state index in [1.165, 1.54) is 98.7 Å². The van der Waals surface area contributed by atoms with Crippen LogP contribution in [0.4, 0.5) is 0 Å². The second kappa shape index (κ2) is 12.5. The topological polar surface area (TPSA) is 0 Å². The standard InChI is InChI=1S/C52H34/c1-3-17-35(18-4-1)40-32-31-38(52-47-29-15-13-27-45(47)51(36-19-5-2-6-20-36)46-28-14-16-30-48(46)52)34-49(40)43-25-11-12-26-44(43)50-33-37-21-7-8-22-39(37)41-23-9-10-24-42(41)50/h1-34H. The predicted molar refractivity (Wildman–Crippen MR) is 224 cm³/mol. The average molecular weight is 659 g/mol. The molecule has 0 bridgehead atoms. The van der Waals surface area contributed by atoms with Crippen molar-refractivity contribution < 1.29 is 0 Å². The summed E-state index contributed by atoms with van der Waals surface area (Å²) in [5, 5.41) is 10.1. The van der Waals surface area contributed by atoms with Crippen LogP contribution in [0, 0.1) is 0 Å². The van der Waals surface area contributed by atoms with E-state index in [1.807, 2.05) is 0 Å². The second-order valence-electron chi connectivity index (χ2n) is 13.6. The minimum atomic E-state index is 1.20. The Bertz CT molecular complexity index is 2880. The summed E-state index contributed by atoms with van der Waals surface area (Å²) in [5.41, 5.74) is 12.3. The monoisotopic (exact) mass is 658 g/mol. The molecule has 0 aliphatic heterocycles. The highest BCUT2D eigenvalue weighted by molar-refractivity contribution is 6.22. The van der Waals surface area contributed by atoms with Crippen molar-refractivity contribution in [2.24, 2.45) is 0 Å². The van der Waals surface area contributed by atoms with E-state index < -0.39 is 0 Å². The van der Waals surface area contributed by atoms with Crippen LogP contribution >= 0.6 is 0 Å². The molecule has 0 aliphatic rings. The van der Waals surface area contributed by atoms with Crippen molar-refractivity contribution in [2.45, 2.75) is 0 Å². The molecule has 0 N–H and O–H groups in total. The van der Waals surface area contributed by atoms with Gasteiger partial charge in [-0.05, 0) is 111 Å². The normalized spacial score (nSPS) is 11.5. The first kappa shape index (κ1) is 30.1. The van der Waals surface area contributed by atoms with Crippen molar-refractivity contribution in [3.63, 3.8) is 0 Å². The van der Waals surface area contributed by atoms with Gasteiger partial charge >= 0.3 is 0 Å². The molecule has 10 rings (SSSR count). The number of fused-ring (bicyclic) bond motifs is 5. The fourth-order valence-electron chi connectivity index (χ4n) is 8.38. The van der Waals surface area contributed by atoms with Crippen LogP contribution in [0.15, 0.2) is 206 Å². The molecule has 0 saturated heterocycles. The third kappa shape index (κ3) is 4.92. The van der Waals surface area contributed by atoms with Gasteiger partial charge in [0.05, 0.1) is 0 Å². The zero-order valence-electron chi connectivity index (χ0n) is 28.6. The number of rotatable bonds is 5. The van der Waals surface area contributed by atoms with E-state index in [0.717, 1.165) is 0 Å². The van der Waals surface area contributed by atoms with E-state index in [9.17, 15) is 0 Å². The maximum atomic E-state index is 2.45. The molecule has 10 aromatic rings. The lowest BCUT2D eigenvalue weighted by molar-refractivity contribution is 1.57. The second-order valence-corrected chi connectivity index (χ2v) is 13.6. The summed E-state index contributed by atoms with van der Waals surface area (Å²) in [5.74, 6) is 0. The molecule has 10 aromatic carbocycles. The van der Waals surface area contributed by atoms with Gasteiger partial charge < -0.3 is 0 Å². The van der Waals surface area contributed by atoms with Gasteiger partial charge in [0, 0.05) is 0 Å². The van der Waals surface area contributed by atoms with E-state index in [0.29, 0.717) is 0 Å². The molecule has 0 aliphatic carbocycles. The molecule has 0 radical (unpaired) electrons. The molecular weight excluding hydrogens is 625 g/mol. The molecule has 0 fully saturated rings. The van der Waals surface area contributed by atoms with Gasteiger partial charge in [0.2, 0.25) is 0 Å². The van der Waals surface area contributed by atoms with Gasteiger partial charge in [-0.3, -0.25) is 0 Å².